The van der Waals surface area contributed by atoms with Gasteiger partial charge in [0.2, 0.25) is 15.7 Å². The Bertz CT molecular complexity index is 1290. The molecule has 1 N–H and O–H groups in total. The van der Waals surface area contributed by atoms with Crippen LogP contribution in [0.15, 0.2) is 52.5 Å². The van der Waals surface area contributed by atoms with Crippen LogP contribution in [0.3, 0.4) is 0 Å². The van der Waals surface area contributed by atoms with Crippen LogP contribution in [0.1, 0.15) is 31.4 Å². The summed E-state index contributed by atoms with van der Waals surface area (Å²) in [6.07, 6.45) is 1.73. The smallest absolute Gasteiger partial charge is 0.309 e. The third kappa shape index (κ3) is 5.14. The van der Waals surface area contributed by atoms with Crippen LogP contribution < -0.4 is 4.74 Å². The van der Waals surface area contributed by atoms with E-state index in [2.05, 4.69) is 5.10 Å². The van der Waals surface area contributed by atoms with Crippen molar-refractivity contribution in [3.05, 3.63) is 53.6 Å². The van der Waals surface area contributed by atoms with E-state index in [-0.39, 0.29) is 29.8 Å². The van der Waals surface area contributed by atoms with Gasteiger partial charge in [-0.2, -0.15) is 4.31 Å². The number of rotatable bonds is 9. The lowest BCUT2D eigenvalue weighted by Gasteiger charge is -2.19. The molecule has 0 saturated carbocycles. The topological polar surface area (TPSA) is 109 Å². The highest BCUT2D eigenvalue weighted by atomic mass is 32.2. The van der Waals surface area contributed by atoms with Gasteiger partial charge in [-0.3, -0.25) is 4.79 Å². The maximum Gasteiger partial charge on any atom is 0.309 e. The molecule has 2 aromatic carbocycles. The Labute approximate surface area is 205 Å². The summed E-state index contributed by atoms with van der Waals surface area (Å²) in [4.78, 5) is 11.5. The van der Waals surface area contributed by atoms with Gasteiger partial charge in [-0.25, -0.2) is 8.42 Å². The van der Waals surface area contributed by atoms with Crippen LogP contribution in [0, 0.1) is 11.8 Å². The number of sulfonamides is 1. The Morgan fingerprint density at radius 3 is 2.74 bits per heavy atom. The van der Waals surface area contributed by atoms with Crippen LogP contribution in [0.5, 0.6) is 5.75 Å². The molecule has 0 bridgehead atoms. The molecule has 1 unspecified atom stereocenters. The van der Waals surface area contributed by atoms with Crippen LogP contribution in [0.25, 0.3) is 0 Å². The van der Waals surface area contributed by atoms with Crippen molar-refractivity contribution in [2.24, 2.45) is 16.9 Å². The van der Waals surface area contributed by atoms with Gasteiger partial charge in [0.1, 0.15) is 11.5 Å². The first-order chi connectivity index (χ1) is 16.7. The number of carboxylic acid groups (broad SMARTS) is 1. The van der Waals surface area contributed by atoms with Crippen molar-refractivity contribution in [2.45, 2.75) is 31.8 Å². The molecule has 2 heterocycles. The SMILES string of the molecule is CCOc1ccc(S(=O)(=O)N2CC(/C=[N+]3\N=C(CC(=O)O)c4ccccc43)[C@H](C)C2)c(COC)c1. The Balaban J connectivity index is 1.62. The summed E-state index contributed by atoms with van der Waals surface area (Å²) in [7, 11) is -2.24. The summed E-state index contributed by atoms with van der Waals surface area (Å²) in [6.45, 7) is 5.18. The second-order valence-electron chi connectivity index (χ2n) is 8.73. The minimum atomic E-state index is -3.76. The zero-order chi connectivity index (χ0) is 25.2. The number of nitrogens with zero attached hydrogens (tertiary/aromatic N) is 3. The summed E-state index contributed by atoms with van der Waals surface area (Å²) < 4.78 is 41.2. The monoisotopic (exact) mass is 500 g/mol. The van der Waals surface area contributed by atoms with Crippen molar-refractivity contribution in [1.29, 1.82) is 0 Å². The number of carbonyl (C=O) groups is 1. The fourth-order valence-electron chi connectivity index (χ4n) is 4.53. The van der Waals surface area contributed by atoms with Crippen molar-refractivity contribution in [3.8, 4) is 5.75 Å². The molecule has 0 aromatic heterocycles. The largest absolute Gasteiger partial charge is 0.494 e. The van der Waals surface area contributed by atoms with Crippen LogP contribution in [-0.2, 0) is 26.2 Å². The van der Waals surface area contributed by atoms with E-state index >= 15 is 0 Å². The van der Waals surface area contributed by atoms with Crippen LogP contribution in [0.2, 0.25) is 0 Å². The maximum absolute atomic E-state index is 13.6. The van der Waals surface area contributed by atoms with E-state index in [0.717, 1.165) is 11.3 Å². The van der Waals surface area contributed by atoms with Crippen molar-refractivity contribution < 1.29 is 32.5 Å². The second kappa shape index (κ2) is 10.3. The molecule has 0 spiro atoms. The first-order valence-corrected chi connectivity index (χ1v) is 13.0. The summed E-state index contributed by atoms with van der Waals surface area (Å²) in [5.41, 5.74) is 2.61. The lowest BCUT2D eigenvalue weighted by Crippen LogP contribution is -2.30. The standard InChI is InChI=1S/C25H29N3O6S/c1-4-34-20-9-10-24(18(11-20)16-33-3)35(31,32)27-13-17(2)19(14-27)15-28-23-8-6-5-7-21(23)22(26-28)12-25(29)30/h5-11,15,17,19H,4,12-14,16H2,1-3H3/p+1/b28-15-/t17-,19?/m1/s1. The number of hydrazone groups is 1. The molecule has 9 nitrogen and oxygen atoms in total. The van der Waals surface area contributed by atoms with E-state index < -0.39 is 16.0 Å². The molecule has 0 aliphatic carbocycles. The molecule has 10 heteroatoms. The highest BCUT2D eigenvalue weighted by molar-refractivity contribution is 7.89. The van der Waals surface area contributed by atoms with Crippen LogP contribution in [-0.4, -0.2) is 67.2 Å². The van der Waals surface area contributed by atoms with Crippen molar-refractivity contribution in [3.63, 3.8) is 0 Å². The van der Waals surface area contributed by atoms with E-state index in [4.69, 9.17) is 9.47 Å². The lowest BCUT2D eigenvalue weighted by molar-refractivity contribution is -0.438. The third-order valence-electron chi connectivity index (χ3n) is 6.24. The normalized spacial score (nSPS) is 21.2. The lowest BCUT2D eigenvalue weighted by atomic mass is 9.99. The number of para-hydroxylation sites is 1. The summed E-state index contributed by atoms with van der Waals surface area (Å²) in [5.74, 6) is -0.403. The van der Waals surface area contributed by atoms with Gasteiger partial charge in [-0.05, 0) is 37.1 Å². The summed E-state index contributed by atoms with van der Waals surface area (Å²) in [6, 6.07) is 12.4. The van der Waals surface area contributed by atoms with E-state index in [1.807, 2.05) is 44.3 Å². The number of benzene rings is 2. The van der Waals surface area contributed by atoms with Crippen LogP contribution >= 0.6 is 0 Å². The van der Waals surface area contributed by atoms with Gasteiger partial charge in [0.05, 0.1) is 36.0 Å². The van der Waals surface area contributed by atoms with Gasteiger partial charge in [0, 0.05) is 36.9 Å². The number of fused-ring (bicyclic) bond motifs is 1. The van der Waals surface area contributed by atoms with Gasteiger partial charge in [-0.1, -0.05) is 23.7 Å². The second-order valence-corrected chi connectivity index (χ2v) is 10.6. The number of methoxy groups -OCH3 is 1. The molecule has 35 heavy (non-hydrogen) atoms. The van der Waals surface area contributed by atoms with Crippen LogP contribution in [0.4, 0.5) is 5.69 Å². The predicted octanol–water partition coefficient (Wildman–Crippen LogP) is 3.10. The average molecular weight is 501 g/mol. The molecule has 186 valence electrons. The minimum Gasteiger partial charge on any atom is -0.494 e. The van der Waals surface area contributed by atoms with Gasteiger partial charge in [0.25, 0.3) is 0 Å². The highest BCUT2D eigenvalue weighted by Crippen LogP contribution is 2.33. The van der Waals surface area contributed by atoms with Gasteiger partial charge in [0.15, 0.2) is 6.21 Å². The zero-order valence-electron chi connectivity index (χ0n) is 20.0. The number of hydrogen-bond acceptors (Lipinski definition) is 6. The fraction of sp³-hybridized carbons (Fsp3) is 0.400. The molecule has 2 aliphatic rings. The predicted molar refractivity (Wildman–Crippen MR) is 131 cm³/mol. The number of ether oxygens (including phenoxy) is 2. The first-order valence-electron chi connectivity index (χ1n) is 11.5. The van der Waals surface area contributed by atoms with E-state index in [9.17, 15) is 18.3 Å². The first kappa shape index (κ1) is 25.0. The molecule has 2 aliphatic heterocycles. The van der Waals surface area contributed by atoms with Crippen molar-refractivity contribution >= 4 is 33.6 Å². The molecule has 1 saturated heterocycles. The molecular formula is C25H30N3O6S+. The Kier molecular flexibility index (Phi) is 7.34. The Hall–Kier alpha value is -3.08. The Morgan fingerprint density at radius 2 is 2.03 bits per heavy atom. The van der Waals surface area contributed by atoms with Gasteiger partial charge >= 0.3 is 5.97 Å². The quantitative estimate of drug-likeness (QED) is 0.530. The summed E-state index contributed by atoms with van der Waals surface area (Å²) >= 11 is 0. The Morgan fingerprint density at radius 1 is 1.26 bits per heavy atom. The molecule has 4 rings (SSSR count). The molecule has 1 fully saturated rings. The molecule has 2 aromatic rings. The summed E-state index contributed by atoms with van der Waals surface area (Å²) in [5, 5.41) is 13.8. The zero-order valence-corrected chi connectivity index (χ0v) is 20.9. The van der Waals surface area contributed by atoms with Gasteiger partial charge < -0.3 is 14.6 Å². The molecule has 0 radical (unpaired) electrons. The molecule has 0 amide bonds. The third-order valence-corrected chi connectivity index (χ3v) is 8.17. The van der Waals surface area contributed by atoms with E-state index in [1.165, 1.54) is 11.4 Å². The average Bonchev–Trinajstić information content (AvgIpc) is 3.35. The highest BCUT2D eigenvalue weighted by Gasteiger charge is 2.40. The van der Waals surface area contributed by atoms with Gasteiger partial charge in [-0.15, -0.1) is 0 Å². The van der Waals surface area contributed by atoms with E-state index in [0.29, 0.717) is 36.7 Å². The van der Waals surface area contributed by atoms with E-state index in [1.54, 1.807) is 22.9 Å². The molecular weight excluding hydrogens is 470 g/mol. The van der Waals surface area contributed by atoms with Crippen molar-refractivity contribution in [2.75, 3.05) is 26.8 Å². The number of aliphatic carboxylic acids is 1. The number of hydrogen-bond donors (Lipinski definition) is 1. The maximum atomic E-state index is 13.6. The fourth-order valence-corrected chi connectivity index (χ4v) is 6.30. The number of carboxylic acids is 1. The molecule has 2 atom stereocenters. The van der Waals surface area contributed by atoms with Crippen molar-refractivity contribution in [1.82, 2.24) is 4.31 Å². The minimum absolute atomic E-state index is 0.0456.